The molecule has 3 aromatic carbocycles. The highest BCUT2D eigenvalue weighted by Crippen LogP contribution is 2.47. The zero-order valence-corrected chi connectivity index (χ0v) is 29.0. The molecule has 1 fully saturated rings. The Morgan fingerprint density at radius 1 is 0.941 bits per heavy atom. The van der Waals surface area contributed by atoms with E-state index in [2.05, 4.69) is 5.32 Å². The lowest BCUT2D eigenvalue weighted by Gasteiger charge is -2.31. The van der Waals surface area contributed by atoms with Crippen LogP contribution in [0.15, 0.2) is 103 Å². The van der Waals surface area contributed by atoms with E-state index in [1.54, 1.807) is 57.2 Å². The molecule has 2 aliphatic rings. The van der Waals surface area contributed by atoms with E-state index in [0.29, 0.717) is 5.56 Å². The number of fused-ring (bicyclic) bond motifs is 1. The predicted octanol–water partition coefficient (Wildman–Crippen LogP) is 4.81. The SMILES string of the molecule is CC(C)(C)OC(=O)CC[C@@H](CO)NC(=O)C1=C[C@H]2OC(c3ccccc3)(c3ccccc3)O[C@H]2[C@H](OC(=O)c2ccc(C=COCCO)cc2)C1. The molecule has 51 heavy (non-hydrogen) atoms. The van der Waals surface area contributed by atoms with Gasteiger partial charge in [-0.15, -0.1) is 0 Å². The van der Waals surface area contributed by atoms with E-state index < -0.39 is 60.2 Å². The highest BCUT2D eigenvalue weighted by molar-refractivity contribution is 5.94. The molecule has 5 rings (SSSR count). The van der Waals surface area contributed by atoms with Crippen molar-refractivity contribution in [3.8, 4) is 0 Å². The highest BCUT2D eigenvalue weighted by atomic mass is 16.8. The molecule has 3 N–H and O–H groups in total. The molecule has 1 aliphatic heterocycles. The number of carbonyl (C=O) groups is 3. The van der Waals surface area contributed by atoms with Crippen LogP contribution in [-0.2, 0) is 39.1 Å². The number of aliphatic hydroxyl groups is 2. The van der Waals surface area contributed by atoms with Crippen LogP contribution in [0.25, 0.3) is 6.08 Å². The van der Waals surface area contributed by atoms with E-state index in [1.807, 2.05) is 60.7 Å². The Balaban J connectivity index is 1.40. The van der Waals surface area contributed by atoms with Crippen molar-refractivity contribution in [1.29, 1.82) is 0 Å². The van der Waals surface area contributed by atoms with Gasteiger partial charge in [-0.25, -0.2) is 4.79 Å². The van der Waals surface area contributed by atoms with Crippen molar-refractivity contribution in [3.63, 3.8) is 0 Å². The summed E-state index contributed by atoms with van der Waals surface area (Å²) in [5.74, 6) is -2.90. The Hall–Kier alpha value is -4.81. The minimum absolute atomic E-state index is 0.00461. The van der Waals surface area contributed by atoms with E-state index in [-0.39, 0.29) is 38.0 Å². The number of aliphatic hydroxyl groups excluding tert-OH is 2. The summed E-state index contributed by atoms with van der Waals surface area (Å²) in [5.41, 5.74) is 2.15. The van der Waals surface area contributed by atoms with E-state index in [4.69, 9.17) is 28.8 Å². The van der Waals surface area contributed by atoms with Crippen LogP contribution in [0.4, 0.5) is 0 Å². The van der Waals surface area contributed by atoms with Crippen LogP contribution in [0.2, 0.25) is 0 Å². The zero-order chi connectivity index (χ0) is 36.4. The molecule has 1 aliphatic carbocycles. The van der Waals surface area contributed by atoms with Gasteiger partial charge in [-0.2, -0.15) is 0 Å². The first kappa shape index (κ1) is 37.4. The maximum absolute atomic E-state index is 13.7. The van der Waals surface area contributed by atoms with Crippen molar-refractivity contribution in [2.24, 2.45) is 0 Å². The Morgan fingerprint density at radius 3 is 2.18 bits per heavy atom. The van der Waals surface area contributed by atoms with E-state index in [0.717, 1.165) is 16.7 Å². The largest absolute Gasteiger partial charge is 0.499 e. The van der Waals surface area contributed by atoms with Crippen molar-refractivity contribution in [2.75, 3.05) is 19.8 Å². The predicted molar refractivity (Wildman–Crippen MR) is 188 cm³/mol. The van der Waals surface area contributed by atoms with Crippen molar-refractivity contribution < 1.29 is 48.3 Å². The summed E-state index contributed by atoms with van der Waals surface area (Å²) < 4.78 is 30.2. The van der Waals surface area contributed by atoms with Crippen molar-refractivity contribution in [2.45, 2.75) is 75.8 Å². The van der Waals surface area contributed by atoms with Gasteiger partial charge in [0.05, 0.1) is 31.1 Å². The summed E-state index contributed by atoms with van der Waals surface area (Å²) in [6.45, 7) is 4.99. The lowest BCUT2D eigenvalue weighted by molar-refractivity contribution is -0.157. The number of nitrogens with one attached hydrogen (secondary N) is 1. The first-order valence-corrected chi connectivity index (χ1v) is 17.0. The Bertz CT molecular complexity index is 1640. The highest BCUT2D eigenvalue weighted by Gasteiger charge is 2.55. The molecular formula is C40H45NO10. The van der Waals surface area contributed by atoms with E-state index >= 15 is 0 Å². The number of carbonyl (C=O) groups excluding carboxylic acids is 3. The summed E-state index contributed by atoms with van der Waals surface area (Å²) in [6.07, 6.45) is 2.53. The fourth-order valence-corrected chi connectivity index (χ4v) is 5.95. The minimum atomic E-state index is -1.36. The van der Waals surface area contributed by atoms with Crippen LogP contribution in [-0.4, -0.2) is 77.8 Å². The monoisotopic (exact) mass is 699 g/mol. The lowest BCUT2D eigenvalue weighted by Crippen LogP contribution is -2.45. The molecule has 3 aromatic rings. The molecule has 11 nitrogen and oxygen atoms in total. The summed E-state index contributed by atoms with van der Waals surface area (Å²) in [6, 6.07) is 24.9. The van der Waals surface area contributed by atoms with Gasteiger partial charge in [0.15, 0.2) is 0 Å². The lowest BCUT2D eigenvalue weighted by atomic mass is 9.91. The third-order valence-corrected chi connectivity index (χ3v) is 8.32. The normalized spacial score (nSPS) is 20.2. The van der Waals surface area contributed by atoms with Crippen molar-refractivity contribution in [3.05, 3.63) is 125 Å². The molecule has 0 aromatic heterocycles. The second-order valence-electron chi connectivity index (χ2n) is 13.4. The van der Waals surface area contributed by atoms with Gasteiger partial charge in [-0.05, 0) is 57.0 Å². The van der Waals surface area contributed by atoms with Gasteiger partial charge in [-0.1, -0.05) is 72.8 Å². The fraction of sp³-hybridized carbons (Fsp3) is 0.375. The minimum Gasteiger partial charge on any atom is -0.499 e. The molecule has 0 spiro atoms. The van der Waals surface area contributed by atoms with Gasteiger partial charge >= 0.3 is 11.9 Å². The van der Waals surface area contributed by atoms with Crippen molar-refractivity contribution in [1.82, 2.24) is 5.32 Å². The third kappa shape index (κ3) is 9.71. The second-order valence-corrected chi connectivity index (χ2v) is 13.4. The third-order valence-electron chi connectivity index (χ3n) is 8.32. The Kier molecular flexibility index (Phi) is 12.4. The molecule has 1 heterocycles. The molecule has 1 saturated heterocycles. The first-order chi connectivity index (χ1) is 24.5. The molecule has 270 valence electrons. The second kappa shape index (κ2) is 16.9. The van der Waals surface area contributed by atoms with Crippen LogP contribution in [0, 0.1) is 0 Å². The average molecular weight is 700 g/mol. The number of amides is 1. The van der Waals surface area contributed by atoms with Crippen LogP contribution < -0.4 is 5.32 Å². The molecule has 0 radical (unpaired) electrons. The maximum Gasteiger partial charge on any atom is 0.338 e. The average Bonchev–Trinajstić information content (AvgIpc) is 3.53. The summed E-state index contributed by atoms with van der Waals surface area (Å²) in [5, 5.41) is 21.8. The molecule has 1 amide bonds. The molecule has 0 bridgehead atoms. The number of rotatable bonds is 14. The van der Waals surface area contributed by atoms with E-state index in [9.17, 15) is 19.5 Å². The van der Waals surface area contributed by atoms with Gasteiger partial charge in [0, 0.05) is 29.5 Å². The van der Waals surface area contributed by atoms with Crippen LogP contribution in [0.1, 0.15) is 67.1 Å². The Labute approximate surface area is 297 Å². The topological polar surface area (TPSA) is 150 Å². The standard InChI is InChI=1S/C40H45NO10/c1-39(2,3)50-35(44)19-18-32(26-43)41-37(45)29-24-33(48-38(46)28-16-14-27(15-17-28)20-22-47-23-21-42)36-34(25-29)49-40(51-36,30-10-6-4-7-11-30)31-12-8-5-9-13-31/h4-17,20,22,25,32-34,36,42-43H,18-19,21,23-24,26H2,1-3H3,(H,41,45)/t32-,33+,34+,36-/m0/s1. The molecule has 11 heteroatoms. The van der Waals surface area contributed by atoms with Gasteiger partial charge in [0.1, 0.15) is 30.5 Å². The van der Waals surface area contributed by atoms with Gasteiger partial charge in [-0.3, -0.25) is 9.59 Å². The first-order valence-electron chi connectivity index (χ1n) is 17.0. The number of hydrogen-bond acceptors (Lipinski definition) is 10. The quantitative estimate of drug-likeness (QED) is 0.122. The van der Waals surface area contributed by atoms with Crippen LogP contribution in [0.3, 0.4) is 0 Å². The molecule has 0 unspecified atom stereocenters. The van der Waals surface area contributed by atoms with Crippen LogP contribution in [0.5, 0.6) is 0 Å². The number of esters is 2. The van der Waals surface area contributed by atoms with Gasteiger partial charge < -0.3 is 39.2 Å². The smallest absolute Gasteiger partial charge is 0.338 e. The summed E-state index contributed by atoms with van der Waals surface area (Å²) in [7, 11) is 0. The summed E-state index contributed by atoms with van der Waals surface area (Å²) >= 11 is 0. The summed E-state index contributed by atoms with van der Waals surface area (Å²) in [4.78, 5) is 39.6. The van der Waals surface area contributed by atoms with Crippen molar-refractivity contribution >= 4 is 23.9 Å². The van der Waals surface area contributed by atoms with Gasteiger partial charge in [0.2, 0.25) is 11.7 Å². The number of benzene rings is 3. The fourth-order valence-electron chi connectivity index (χ4n) is 5.95. The van der Waals surface area contributed by atoms with Gasteiger partial charge in [0.25, 0.3) is 0 Å². The number of ether oxygens (including phenoxy) is 5. The number of hydrogen-bond donors (Lipinski definition) is 3. The Morgan fingerprint density at radius 2 is 1.59 bits per heavy atom. The molecular weight excluding hydrogens is 654 g/mol. The molecule has 4 atom stereocenters. The zero-order valence-electron chi connectivity index (χ0n) is 29.0. The van der Waals surface area contributed by atoms with Crippen LogP contribution >= 0.6 is 0 Å². The molecule has 0 saturated carbocycles. The van der Waals surface area contributed by atoms with E-state index in [1.165, 1.54) is 6.26 Å². The maximum atomic E-state index is 13.7.